The minimum absolute atomic E-state index is 0.0747. The zero-order valence-electron chi connectivity index (χ0n) is 17.6. The lowest BCUT2D eigenvalue weighted by molar-refractivity contribution is -0.138. The molecule has 1 aromatic heterocycles. The highest BCUT2D eigenvalue weighted by Gasteiger charge is 2.38. The van der Waals surface area contributed by atoms with E-state index in [4.69, 9.17) is 0 Å². The quantitative estimate of drug-likeness (QED) is 0.692. The molecule has 2 saturated heterocycles. The Balaban J connectivity index is 1.34. The first-order valence-corrected chi connectivity index (χ1v) is 11.0. The molecule has 162 valence electrons. The normalized spacial score (nSPS) is 21.2. The van der Waals surface area contributed by atoms with Crippen LogP contribution in [0.4, 0.5) is 4.39 Å². The molecule has 0 bridgehead atoms. The Hall–Kier alpha value is -3.02. The molecule has 2 aliphatic rings. The van der Waals surface area contributed by atoms with E-state index in [0.717, 1.165) is 31.4 Å². The second kappa shape index (κ2) is 9.86. The summed E-state index contributed by atoms with van der Waals surface area (Å²) in [4.78, 5) is 33.6. The number of likely N-dealkylation sites (tertiary alicyclic amines) is 2. The monoisotopic (exact) mass is 421 g/mol. The van der Waals surface area contributed by atoms with Crippen LogP contribution in [0.2, 0.25) is 0 Å². The van der Waals surface area contributed by atoms with Crippen molar-refractivity contribution in [3.8, 4) is 0 Å². The van der Waals surface area contributed by atoms with E-state index >= 15 is 0 Å². The average Bonchev–Trinajstić information content (AvgIpc) is 2.81. The molecule has 5 nitrogen and oxygen atoms in total. The van der Waals surface area contributed by atoms with Gasteiger partial charge in [-0.2, -0.15) is 0 Å². The summed E-state index contributed by atoms with van der Waals surface area (Å²) in [5, 5.41) is 0. The van der Waals surface area contributed by atoms with E-state index in [9.17, 15) is 14.0 Å². The van der Waals surface area contributed by atoms with Crippen molar-refractivity contribution in [2.24, 2.45) is 5.92 Å². The molecule has 2 amide bonds. The third-order valence-electron chi connectivity index (χ3n) is 6.36. The molecule has 0 unspecified atom stereocenters. The number of piperidine rings is 2. The number of halogens is 1. The Morgan fingerprint density at radius 3 is 2.81 bits per heavy atom. The number of carbonyl (C=O) groups excluding carboxylic acids is 2. The molecule has 2 atom stereocenters. The van der Waals surface area contributed by atoms with Gasteiger partial charge in [-0.3, -0.25) is 14.6 Å². The average molecular weight is 422 g/mol. The Kier molecular flexibility index (Phi) is 6.75. The van der Waals surface area contributed by atoms with Crippen LogP contribution in [-0.2, 0) is 16.0 Å². The van der Waals surface area contributed by atoms with Gasteiger partial charge in [-0.25, -0.2) is 4.39 Å². The smallest absolute Gasteiger partial charge is 0.246 e. The van der Waals surface area contributed by atoms with Gasteiger partial charge in [0.1, 0.15) is 5.82 Å². The summed E-state index contributed by atoms with van der Waals surface area (Å²) in [7, 11) is 0. The van der Waals surface area contributed by atoms with Crippen LogP contribution in [0.1, 0.15) is 36.8 Å². The van der Waals surface area contributed by atoms with Gasteiger partial charge in [0.25, 0.3) is 0 Å². The van der Waals surface area contributed by atoms with Crippen molar-refractivity contribution >= 4 is 17.9 Å². The van der Waals surface area contributed by atoms with Crippen molar-refractivity contribution in [3.63, 3.8) is 0 Å². The summed E-state index contributed by atoms with van der Waals surface area (Å²) >= 11 is 0. The van der Waals surface area contributed by atoms with Crippen molar-refractivity contribution in [2.75, 3.05) is 19.6 Å². The first-order valence-electron chi connectivity index (χ1n) is 11.0. The predicted octanol–water partition coefficient (Wildman–Crippen LogP) is 3.71. The van der Waals surface area contributed by atoms with Gasteiger partial charge in [-0.05, 0) is 55.4 Å². The van der Waals surface area contributed by atoms with Crippen molar-refractivity contribution in [3.05, 3.63) is 71.8 Å². The lowest BCUT2D eigenvalue weighted by Crippen LogP contribution is -2.56. The van der Waals surface area contributed by atoms with Crippen LogP contribution in [0.15, 0.2) is 54.9 Å². The molecule has 2 aromatic rings. The van der Waals surface area contributed by atoms with Crippen LogP contribution >= 0.6 is 0 Å². The summed E-state index contributed by atoms with van der Waals surface area (Å²) in [6.45, 7) is 2.10. The van der Waals surface area contributed by atoms with Crippen LogP contribution in [0, 0.1) is 11.7 Å². The fourth-order valence-corrected chi connectivity index (χ4v) is 4.73. The Bertz CT molecular complexity index is 947. The Morgan fingerprint density at radius 1 is 1.13 bits per heavy atom. The standard InChI is InChI=1S/C25H28FN3O2/c26-22-8-2-1-6-20(22)10-12-25(31)29-15-4-7-21-18-28(16-13-23(21)29)24(30)11-9-19-5-3-14-27-17-19/h1-3,5-6,8,10,12,14,17,21,23H,4,7,9,11,13,15-16,18H2/t21-,23+/m1/s1. The molecule has 31 heavy (non-hydrogen) atoms. The fraction of sp³-hybridized carbons (Fsp3) is 0.400. The van der Waals surface area contributed by atoms with E-state index in [0.29, 0.717) is 37.4 Å². The fourth-order valence-electron chi connectivity index (χ4n) is 4.73. The molecule has 3 heterocycles. The van der Waals surface area contributed by atoms with Gasteiger partial charge in [0.15, 0.2) is 0 Å². The van der Waals surface area contributed by atoms with Crippen molar-refractivity contribution in [1.82, 2.24) is 14.8 Å². The molecule has 1 aromatic carbocycles. The lowest BCUT2D eigenvalue weighted by Gasteiger charge is -2.47. The number of amides is 2. The van der Waals surface area contributed by atoms with Gasteiger partial charge in [-0.1, -0.05) is 24.3 Å². The molecule has 4 rings (SSSR count). The van der Waals surface area contributed by atoms with E-state index in [2.05, 4.69) is 4.98 Å². The number of aromatic nitrogens is 1. The third-order valence-corrected chi connectivity index (χ3v) is 6.36. The first kappa shape index (κ1) is 21.2. The number of hydrogen-bond donors (Lipinski definition) is 0. The molecule has 6 heteroatoms. The SMILES string of the molecule is O=C(CCc1cccnc1)N1CC[C@H]2[C@H](CCCN2C(=O)C=Cc2ccccc2F)C1. The molecular formula is C25H28FN3O2. The van der Waals surface area contributed by atoms with Crippen molar-refractivity contribution in [2.45, 2.75) is 38.1 Å². The number of aryl methyl sites for hydroxylation is 1. The molecule has 0 saturated carbocycles. The van der Waals surface area contributed by atoms with E-state index in [1.807, 2.05) is 21.9 Å². The van der Waals surface area contributed by atoms with Crippen molar-refractivity contribution < 1.29 is 14.0 Å². The third kappa shape index (κ3) is 5.19. The number of nitrogens with zero attached hydrogens (tertiary/aromatic N) is 3. The van der Waals surface area contributed by atoms with Gasteiger partial charge < -0.3 is 9.80 Å². The van der Waals surface area contributed by atoms with E-state index in [1.54, 1.807) is 36.7 Å². The van der Waals surface area contributed by atoms with E-state index < -0.39 is 0 Å². The first-order chi connectivity index (χ1) is 15.1. The van der Waals surface area contributed by atoms with Gasteiger partial charge in [0.2, 0.25) is 11.8 Å². The maximum atomic E-state index is 13.8. The zero-order valence-corrected chi connectivity index (χ0v) is 17.6. The highest BCUT2D eigenvalue weighted by Crippen LogP contribution is 2.31. The van der Waals surface area contributed by atoms with E-state index in [1.165, 1.54) is 12.1 Å². The van der Waals surface area contributed by atoms with Gasteiger partial charge in [-0.15, -0.1) is 0 Å². The highest BCUT2D eigenvalue weighted by molar-refractivity contribution is 5.92. The molecule has 2 fully saturated rings. The second-order valence-corrected chi connectivity index (χ2v) is 8.35. The van der Waals surface area contributed by atoms with Crippen LogP contribution < -0.4 is 0 Å². The maximum absolute atomic E-state index is 13.8. The molecule has 2 aliphatic heterocycles. The number of hydrogen-bond acceptors (Lipinski definition) is 3. The summed E-state index contributed by atoms with van der Waals surface area (Å²) in [5.41, 5.74) is 1.49. The van der Waals surface area contributed by atoms with E-state index in [-0.39, 0.29) is 23.7 Å². The number of benzene rings is 1. The summed E-state index contributed by atoms with van der Waals surface area (Å²) in [6, 6.07) is 10.5. The van der Waals surface area contributed by atoms with Crippen LogP contribution in [0.5, 0.6) is 0 Å². The number of pyridine rings is 1. The van der Waals surface area contributed by atoms with Crippen LogP contribution in [0.3, 0.4) is 0 Å². The Morgan fingerprint density at radius 2 is 2.00 bits per heavy atom. The zero-order chi connectivity index (χ0) is 21.6. The Labute approximate surface area is 182 Å². The highest BCUT2D eigenvalue weighted by atomic mass is 19.1. The van der Waals surface area contributed by atoms with Gasteiger partial charge in [0.05, 0.1) is 0 Å². The lowest BCUT2D eigenvalue weighted by atomic mass is 9.83. The topological polar surface area (TPSA) is 53.5 Å². The van der Waals surface area contributed by atoms with Gasteiger partial charge >= 0.3 is 0 Å². The summed E-state index contributed by atoms with van der Waals surface area (Å²) in [6.07, 6.45) is 10.5. The molecule has 0 radical (unpaired) electrons. The van der Waals surface area contributed by atoms with Crippen LogP contribution in [-0.4, -0.2) is 52.3 Å². The van der Waals surface area contributed by atoms with Gasteiger partial charge in [0, 0.05) is 56.1 Å². The molecule has 0 aliphatic carbocycles. The van der Waals surface area contributed by atoms with Crippen LogP contribution in [0.25, 0.3) is 6.08 Å². The number of carbonyl (C=O) groups is 2. The minimum atomic E-state index is -0.332. The number of fused-ring (bicyclic) bond motifs is 1. The minimum Gasteiger partial charge on any atom is -0.342 e. The molecular weight excluding hydrogens is 393 g/mol. The number of rotatable bonds is 5. The summed E-state index contributed by atoms with van der Waals surface area (Å²) in [5.74, 6) is 0.0661. The maximum Gasteiger partial charge on any atom is 0.246 e. The largest absolute Gasteiger partial charge is 0.342 e. The predicted molar refractivity (Wildman–Crippen MR) is 117 cm³/mol. The second-order valence-electron chi connectivity index (χ2n) is 8.35. The molecule has 0 N–H and O–H groups in total. The molecule has 0 spiro atoms. The summed E-state index contributed by atoms with van der Waals surface area (Å²) < 4.78 is 13.8. The van der Waals surface area contributed by atoms with Crippen molar-refractivity contribution in [1.29, 1.82) is 0 Å².